The lowest BCUT2D eigenvalue weighted by Gasteiger charge is -2.30. The fourth-order valence-electron chi connectivity index (χ4n) is 4.84. The maximum Gasteiger partial charge on any atom is 0.227 e. The summed E-state index contributed by atoms with van der Waals surface area (Å²) in [6, 6.07) is 20.0. The zero-order chi connectivity index (χ0) is 24.5. The van der Waals surface area contributed by atoms with E-state index in [0.717, 1.165) is 49.7 Å². The van der Waals surface area contributed by atoms with Crippen LogP contribution in [0.3, 0.4) is 0 Å². The molecule has 7 heteroatoms. The highest BCUT2D eigenvalue weighted by Gasteiger charge is 2.38. The molecule has 4 rings (SSSR count). The summed E-state index contributed by atoms with van der Waals surface area (Å²) in [6.45, 7) is 2.60. The van der Waals surface area contributed by atoms with Gasteiger partial charge in [-0.25, -0.2) is 0 Å². The molecule has 7 nitrogen and oxygen atoms in total. The molecule has 0 saturated heterocycles. The quantitative estimate of drug-likeness (QED) is 0.445. The highest BCUT2D eigenvalue weighted by molar-refractivity contribution is 5.76. The number of carbonyl (C=O) groups excluding carboxylic acids is 2. The molecule has 1 aliphatic rings. The van der Waals surface area contributed by atoms with E-state index in [4.69, 9.17) is 4.52 Å². The largest absolute Gasteiger partial charge is 0.343 e. The molecule has 184 valence electrons. The minimum absolute atomic E-state index is 0.0310. The number of nitrogens with one attached hydrogen (secondary N) is 1. The van der Waals surface area contributed by atoms with Gasteiger partial charge in [0.15, 0.2) is 5.82 Å². The van der Waals surface area contributed by atoms with Gasteiger partial charge >= 0.3 is 0 Å². The van der Waals surface area contributed by atoms with Crippen LogP contribution in [0.5, 0.6) is 0 Å². The van der Waals surface area contributed by atoms with Gasteiger partial charge in [-0.05, 0) is 24.0 Å². The second kappa shape index (κ2) is 11.8. The molecule has 2 amide bonds. The van der Waals surface area contributed by atoms with Gasteiger partial charge < -0.3 is 14.7 Å². The van der Waals surface area contributed by atoms with Crippen LogP contribution in [0.1, 0.15) is 74.7 Å². The summed E-state index contributed by atoms with van der Waals surface area (Å²) in [5, 5.41) is 7.34. The first-order valence-corrected chi connectivity index (χ1v) is 12.5. The maximum absolute atomic E-state index is 13.3. The number of hydrogen-bond donors (Lipinski definition) is 1. The summed E-state index contributed by atoms with van der Waals surface area (Å²) in [5.74, 6) is 0.901. The Morgan fingerprint density at radius 1 is 0.914 bits per heavy atom. The lowest BCUT2D eigenvalue weighted by atomic mass is 9.89. The van der Waals surface area contributed by atoms with E-state index < -0.39 is 5.54 Å². The van der Waals surface area contributed by atoms with Crippen LogP contribution >= 0.6 is 0 Å². The van der Waals surface area contributed by atoms with Crippen LogP contribution in [0.15, 0.2) is 65.2 Å². The van der Waals surface area contributed by atoms with Crippen molar-refractivity contribution in [2.24, 2.45) is 0 Å². The first-order chi connectivity index (χ1) is 17.0. The van der Waals surface area contributed by atoms with Gasteiger partial charge in [0.1, 0.15) is 5.54 Å². The van der Waals surface area contributed by atoms with Crippen LogP contribution in [0.2, 0.25) is 0 Å². The van der Waals surface area contributed by atoms with Crippen LogP contribution in [0, 0.1) is 0 Å². The molecular formula is C28H34N4O3. The minimum atomic E-state index is -0.583. The van der Waals surface area contributed by atoms with Crippen molar-refractivity contribution >= 4 is 11.8 Å². The second-order valence-corrected chi connectivity index (χ2v) is 9.41. The lowest BCUT2D eigenvalue weighted by Crippen LogP contribution is -2.45. The summed E-state index contributed by atoms with van der Waals surface area (Å²) in [6.07, 6.45) is 6.53. The third-order valence-electron chi connectivity index (χ3n) is 6.61. The van der Waals surface area contributed by atoms with E-state index in [2.05, 4.69) is 15.5 Å². The Labute approximate surface area is 206 Å². The third kappa shape index (κ3) is 6.78. The SMILES string of the molecule is CC(=O)NC1(c2noc(CCC(=O)N(Cc3ccccc3)Cc3ccccc3)n2)CCCCCC1. The van der Waals surface area contributed by atoms with Gasteiger partial charge in [0.2, 0.25) is 17.7 Å². The number of carbonyl (C=O) groups is 2. The molecule has 0 unspecified atom stereocenters. The van der Waals surface area contributed by atoms with Crippen LogP contribution in [0.4, 0.5) is 0 Å². The Kier molecular flexibility index (Phi) is 8.29. The average Bonchev–Trinajstić information content (AvgIpc) is 3.23. The highest BCUT2D eigenvalue weighted by Crippen LogP contribution is 2.34. The molecule has 0 spiro atoms. The molecule has 1 fully saturated rings. The van der Waals surface area contributed by atoms with E-state index in [1.807, 2.05) is 65.6 Å². The van der Waals surface area contributed by atoms with Gasteiger partial charge in [-0.3, -0.25) is 9.59 Å². The van der Waals surface area contributed by atoms with E-state index in [-0.39, 0.29) is 18.2 Å². The lowest BCUT2D eigenvalue weighted by molar-refractivity contribution is -0.132. The number of amides is 2. The predicted molar refractivity (Wildman–Crippen MR) is 133 cm³/mol. The van der Waals surface area contributed by atoms with Crippen molar-refractivity contribution in [3.63, 3.8) is 0 Å². The average molecular weight is 475 g/mol. The van der Waals surface area contributed by atoms with E-state index >= 15 is 0 Å². The molecule has 3 aromatic rings. The van der Waals surface area contributed by atoms with Crippen molar-refractivity contribution < 1.29 is 14.1 Å². The monoisotopic (exact) mass is 474 g/mol. The number of nitrogens with zero attached hydrogens (tertiary/aromatic N) is 3. The Bertz CT molecular complexity index is 1050. The van der Waals surface area contributed by atoms with Gasteiger partial charge in [0.25, 0.3) is 0 Å². The van der Waals surface area contributed by atoms with Gasteiger partial charge in [0.05, 0.1) is 0 Å². The minimum Gasteiger partial charge on any atom is -0.343 e. The fourth-order valence-corrected chi connectivity index (χ4v) is 4.84. The summed E-state index contributed by atoms with van der Waals surface area (Å²) in [4.78, 5) is 31.7. The van der Waals surface area contributed by atoms with Crippen molar-refractivity contribution in [3.05, 3.63) is 83.5 Å². The van der Waals surface area contributed by atoms with E-state index in [1.54, 1.807) is 0 Å². The zero-order valence-electron chi connectivity index (χ0n) is 20.4. The molecule has 0 radical (unpaired) electrons. The van der Waals surface area contributed by atoms with E-state index in [9.17, 15) is 9.59 Å². The third-order valence-corrected chi connectivity index (χ3v) is 6.61. The van der Waals surface area contributed by atoms with Crippen molar-refractivity contribution in [2.75, 3.05) is 0 Å². The van der Waals surface area contributed by atoms with Gasteiger partial charge in [-0.1, -0.05) is 91.5 Å². The molecule has 0 atom stereocenters. The van der Waals surface area contributed by atoms with Crippen molar-refractivity contribution in [1.29, 1.82) is 0 Å². The fraction of sp³-hybridized carbons (Fsp3) is 0.429. The highest BCUT2D eigenvalue weighted by atomic mass is 16.5. The van der Waals surface area contributed by atoms with Crippen LogP contribution < -0.4 is 5.32 Å². The van der Waals surface area contributed by atoms with Gasteiger partial charge in [0, 0.05) is 32.9 Å². The molecule has 2 aromatic carbocycles. The summed E-state index contributed by atoms with van der Waals surface area (Å²) in [7, 11) is 0. The summed E-state index contributed by atoms with van der Waals surface area (Å²) >= 11 is 0. The summed E-state index contributed by atoms with van der Waals surface area (Å²) < 4.78 is 5.55. The van der Waals surface area contributed by atoms with Crippen LogP contribution in [-0.4, -0.2) is 26.9 Å². The van der Waals surface area contributed by atoms with Crippen LogP contribution in [0.25, 0.3) is 0 Å². The normalized spacial score (nSPS) is 15.2. The zero-order valence-corrected chi connectivity index (χ0v) is 20.4. The number of aromatic nitrogens is 2. The molecular weight excluding hydrogens is 440 g/mol. The molecule has 35 heavy (non-hydrogen) atoms. The molecule has 1 saturated carbocycles. The molecule has 0 bridgehead atoms. The molecule has 1 aromatic heterocycles. The van der Waals surface area contributed by atoms with E-state index in [1.165, 1.54) is 6.92 Å². The molecule has 1 aliphatic carbocycles. The number of benzene rings is 2. The Hall–Kier alpha value is -3.48. The van der Waals surface area contributed by atoms with Gasteiger partial charge in [-0.15, -0.1) is 0 Å². The van der Waals surface area contributed by atoms with E-state index in [0.29, 0.717) is 31.2 Å². The standard InChI is InChI=1S/C28H34N4O3/c1-22(33)30-28(18-10-2-3-11-19-28)27-29-25(35-31-27)16-17-26(34)32(20-23-12-6-4-7-13-23)21-24-14-8-5-9-15-24/h4-9,12-15H,2-3,10-11,16-21H2,1H3,(H,30,33). The smallest absolute Gasteiger partial charge is 0.227 e. The molecule has 1 heterocycles. The first-order valence-electron chi connectivity index (χ1n) is 12.5. The van der Waals surface area contributed by atoms with Crippen molar-refractivity contribution in [1.82, 2.24) is 20.4 Å². The maximum atomic E-state index is 13.3. The Morgan fingerprint density at radius 2 is 1.49 bits per heavy atom. The van der Waals surface area contributed by atoms with Gasteiger partial charge in [-0.2, -0.15) is 4.98 Å². The second-order valence-electron chi connectivity index (χ2n) is 9.41. The first kappa shape index (κ1) is 24.6. The Balaban J connectivity index is 1.45. The topological polar surface area (TPSA) is 88.3 Å². The Morgan fingerprint density at radius 3 is 2.03 bits per heavy atom. The van der Waals surface area contributed by atoms with Crippen molar-refractivity contribution in [2.45, 2.75) is 76.9 Å². The number of aryl methyl sites for hydroxylation is 1. The van der Waals surface area contributed by atoms with Crippen LogP contribution in [-0.2, 0) is 34.6 Å². The molecule has 0 aliphatic heterocycles. The molecule has 1 N–H and O–H groups in total. The number of hydrogen-bond acceptors (Lipinski definition) is 5. The predicted octanol–water partition coefficient (Wildman–Crippen LogP) is 4.92. The van der Waals surface area contributed by atoms with Crippen molar-refractivity contribution in [3.8, 4) is 0 Å². The summed E-state index contributed by atoms with van der Waals surface area (Å²) in [5.41, 5.74) is 1.59. The number of rotatable bonds is 9.